The molecule has 19 atom stereocenters. The molecule has 0 spiro atoms. The van der Waals surface area contributed by atoms with Crippen LogP contribution in [0.5, 0.6) is 0 Å². The molecule has 1 aromatic rings. The number of hydrogen-bond donors (Lipinski definition) is 15. The van der Waals surface area contributed by atoms with Crippen LogP contribution < -0.4 is 38.9 Å². The number of amides is 2. The number of benzene rings is 1. The number of carboxylic acids is 1. The second-order valence-electron chi connectivity index (χ2n) is 15.3. The zero-order valence-corrected chi connectivity index (χ0v) is 31.9. The smallest absolute Gasteiger partial charge is 0.322 e. The summed E-state index contributed by atoms with van der Waals surface area (Å²) in [6.45, 7) is 2.12. The van der Waals surface area contributed by atoms with Crippen LogP contribution >= 0.6 is 11.8 Å². The molecule has 19 N–H and O–H groups in total. The summed E-state index contributed by atoms with van der Waals surface area (Å²) in [5.74, 6) is -2.77. The normalized spacial score (nSPS) is 41.8. The van der Waals surface area contributed by atoms with Gasteiger partial charge in [-0.25, -0.2) is 0 Å². The molecular formula is C34H55N7O15S. The summed E-state index contributed by atoms with van der Waals surface area (Å²) >= 11 is 1.10. The van der Waals surface area contributed by atoms with E-state index in [0.29, 0.717) is 5.56 Å². The summed E-state index contributed by atoms with van der Waals surface area (Å²) in [5, 5.41) is 91.2. The molecule has 57 heavy (non-hydrogen) atoms. The molecule has 1 aliphatic carbocycles. The lowest BCUT2D eigenvalue weighted by Gasteiger charge is -2.48. The number of nitrogens with two attached hydrogens (primary N) is 4. The average Bonchev–Trinajstić information content (AvgIpc) is 3.50. The molecule has 22 nitrogen and oxygen atoms in total. The van der Waals surface area contributed by atoms with Crippen LogP contribution in [-0.4, -0.2) is 186 Å². The van der Waals surface area contributed by atoms with Gasteiger partial charge in [-0.3, -0.25) is 19.7 Å². The van der Waals surface area contributed by atoms with Crippen LogP contribution in [0.4, 0.5) is 0 Å². The Hall–Kier alpha value is -2.66. The van der Waals surface area contributed by atoms with Crippen LogP contribution in [0.2, 0.25) is 0 Å². The molecule has 1 aromatic carbocycles. The van der Waals surface area contributed by atoms with Crippen molar-refractivity contribution in [2.45, 2.75) is 140 Å². The minimum Gasteiger partial charge on any atom is -0.480 e. The van der Waals surface area contributed by atoms with Crippen molar-refractivity contribution in [1.29, 1.82) is 0 Å². The largest absolute Gasteiger partial charge is 0.480 e. The maximum atomic E-state index is 13.8. The van der Waals surface area contributed by atoms with Gasteiger partial charge < -0.3 is 93.4 Å². The van der Waals surface area contributed by atoms with E-state index in [1.165, 1.54) is 0 Å². The van der Waals surface area contributed by atoms with Gasteiger partial charge >= 0.3 is 5.97 Å². The molecule has 0 radical (unpaired) electrons. The lowest BCUT2D eigenvalue weighted by Crippen LogP contribution is -2.68. The van der Waals surface area contributed by atoms with Crippen molar-refractivity contribution in [2.75, 3.05) is 13.2 Å². The van der Waals surface area contributed by atoms with Crippen molar-refractivity contribution in [1.82, 2.24) is 16.0 Å². The third kappa shape index (κ3) is 9.87. The number of hydrogen-bond acceptors (Lipinski definition) is 20. The van der Waals surface area contributed by atoms with Gasteiger partial charge in [0, 0.05) is 23.4 Å². The molecule has 0 bridgehead atoms. The fourth-order valence-corrected chi connectivity index (χ4v) is 8.84. The number of rotatable bonds is 13. The fourth-order valence-electron chi connectivity index (χ4n) is 7.35. The Bertz CT molecular complexity index is 1540. The Morgan fingerprint density at radius 1 is 0.860 bits per heavy atom. The fraction of sp³-hybridized carbons (Fsp3) is 0.735. The summed E-state index contributed by atoms with van der Waals surface area (Å²) in [7, 11) is 0. The number of thioether (sulfide) groups is 1. The maximum absolute atomic E-state index is 13.8. The van der Waals surface area contributed by atoms with Crippen LogP contribution in [0, 0.1) is 0 Å². The van der Waals surface area contributed by atoms with Gasteiger partial charge in [0.25, 0.3) is 0 Å². The van der Waals surface area contributed by atoms with Gasteiger partial charge in [-0.15, -0.1) is 11.8 Å². The first-order valence-corrected chi connectivity index (χ1v) is 19.3. The van der Waals surface area contributed by atoms with E-state index >= 15 is 0 Å². The summed E-state index contributed by atoms with van der Waals surface area (Å²) in [6, 6.07) is 1.34. The highest BCUT2D eigenvalue weighted by molar-refractivity contribution is 8.01. The first-order valence-electron chi connectivity index (χ1n) is 18.4. The summed E-state index contributed by atoms with van der Waals surface area (Å²) in [4.78, 5) is 39.2. The summed E-state index contributed by atoms with van der Waals surface area (Å²) in [5.41, 5.74) is 25.0. The van der Waals surface area contributed by atoms with Crippen molar-refractivity contribution in [3.05, 3.63) is 35.9 Å². The van der Waals surface area contributed by atoms with Gasteiger partial charge in [0.2, 0.25) is 11.8 Å². The zero-order valence-electron chi connectivity index (χ0n) is 31.1. The highest BCUT2D eigenvalue weighted by Gasteiger charge is 2.53. The van der Waals surface area contributed by atoms with Crippen LogP contribution in [0.3, 0.4) is 0 Å². The van der Waals surface area contributed by atoms with Gasteiger partial charge in [-0.05, 0) is 25.8 Å². The van der Waals surface area contributed by atoms with E-state index in [9.17, 15) is 55.2 Å². The highest BCUT2D eigenvalue weighted by atomic mass is 32.2. The predicted molar refractivity (Wildman–Crippen MR) is 197 cm³/mol. The molecule has 3 aliphatic heterocycles. The van der Waals surface area contributed by atoms with E-state index in [0.717, 1.165) is 11.8 Å². The number of carboxylic acid groups (broad SMARTS) is 1. The van der Waals surface area contributed by atoms with Gasteiger partial charge in [-0.1, -0.05) is 30.3 Å². The first kappa shape index (κ1) is 45.4. The average molecular weight is 834 g/mol. The molecule has 2 amide bonds. The lowest BCUT2D eigenvalue weighted by atomic mass is 9.84. The standard InChI is InChI=1S/C34H55N7O15S/c1-34(2)27(31(51)52)41-30(57-34)18(40-28(49)16(37)11-6-4-3-5-7-11)29(50)39-9-14-20(44)22(46)23(47)33(53-14)56-26-13(36)8-12(35)25(24(26)48)55-32-21(45)17(38)19(43)15(10-42)54-32/h3-7,12-27,30,32-33,41-48H,8-10,35-38H2,1-2H3,(H,39,50)(H,40,49)(H,51,52)/t12-,13+,14-,15-,16-,17+,18-,19-,20-,21-,22+,23-,24-,25+,26-,27+,30-,32-,33-/m1/s1. The van der Waals surface area contributed by atoms with Crippen LogP contribution in [-0.2, 0) is 33.3 Å². The first-order chi connectivity index (χ1) is 26.8. The lowest BCUT2D eigenvalue weighted by molar-refractivity contribution is -0.332. The quantitative estimate of drug-likeness (QED) is 0.0878. The van der Waals surface area contributed by atoms with Gasteiger partial charge in [0.1, 0.15) is 79.2 Å². The molecule has 3 saturated heterocycles. The third-order valence-electron chi connectivity index (χ3n) is 10.8. The monoisotopic (exact) mass is 833 g/mol. The Balaban J connectivity index is 1.28. The zero-order chi connectivity index (χ0) is 42.1. The topological polar surface area (TPSA) is 390 Å². The van der Waals surface area contributed by atoms with E-state index in [1.807, 2.05) is 0 Å². The Labute approximate surface area is 331 Å². The second-order valence-corrected chi connectivity index (χ2v) is 17.0. The van der Waals surface area contributed by atoms with E-state index < -0.39 is 151 Å². The van der Waals surface area contributed by atoms with E-state index in [1.54, 1.807) is 44.2 Å². The molecule has 0 aromatic heterocycles. The summed E-state index contributed by atoms with van der Waals surface area (Å²) in [6.07, 6.45) is -19.2. The molecule has 322 valence electrons. The number of carbonyl (C=O) groups excluding carboxylic acids is 2. The highest BCUT2D eigenvalue weighted by Crippen LogP contribution is 2.39. The number of aliphatic carboxylic acids is 1. The Morgan fingerprint density at radius 2 is 1.44 bits per heavy atom. The number of aliphatic hydroxyl groups excluding tert-OH is 7. The SMILES string of the molecule is CC1(C)S[C@H]([C@H](NC(=O)[C@H](N)c2ccccc2)C(=O)NC[C@H]2O[C@H](O[C@H]3[C@H](O)[C@@H](O[C@H]4O[C@H](CO)[C@@H](O)[C@H](N)[C@H]4O)[C@H](N)C[C@@H]3N)[C@H](O)[C@@H](O)[C@@H]2O)N[C@H]1C(=O)O. The van der Waals surface area contributed by atoms with Crippen LogP contribution in [0.25, 0.3) is 0 Å². The van der Waals surface area contributed by atoms with Gasteiger partial charge in [0.05, 0.1) is 18.0 Å². The van der Waals surface area contributed by atoms with Crippen molar-refractivity contribution < 1.29 is 74.2 Å². The number of carbonyl (C=O) groups is 3. The second kappa shape index (κ2) is 18.7. The molecule has 3 heterocycles. The van der Waals surface area contributed by atoms with E-state index in [-0.39, 0.29) is 6.42 Å². The van der Waals surface area contributed by atoms with Crippen molar-refractivity contribution in [3.63, 3.8) is 0 Å². The molecule has 4 aliphatic rings. The van der Waals surface area contributed by atoms with Crippen LogP contribution in [0.1, 0.15) is 31.9 Å². The van der Waals surface area contributed by atoms with Crippen LogP contribution in [0.15, 0.2) is 30.3 Å². The van der Waals surface area contributed by atoms with E-state index in [4.69, 9.17) is 41.9 Å². The molecule has 5 rings (SSSR count). The predicted octanol–water partition coefficient (Wildman–Crippen LogP) is -7.05. The number of ether oxygens (including phenoxy) is 4. The number of aliphatic hydroxyl groups is 7. The maximum Gasteiger partial charge on any atom is 0.322 e. The minimum absolute atomic E-state index is 0.0470. The summed E-state index contributed by atoms with van der Waals surface area (Å²) < 4.78 is 22.0. The minimum atomic E-state index is -1.91. The number of nitrogens with one attached hydrogen (secondary N) is 3. The third-order valence-corrected chi connectivity index (χ3v) is 12.3. The molecule has 1 saturated carbocycles. The Kier molecular flexibility index (Phi) is 14.9. The molecule has 0 unspecified atom stereocenters. The molecular weight excluding hydrogens is 778 g/mol. The molecule has 23 heteroatoms. The van der Waals surface area contributed by atoms with Gasteiger partial charge in [0.15, 0.2) is 12.6 Å². The van der Waals surface area contributed by atoms with Crippen molar-refractivity contribution in [3.8, 4) is 0 Å². The molecule has 4 fully saturated rings. The van der Waals surface area contributed by atoms with E-state index in [2.05, 4.69) is 16.0 Å². The van der Waals surface area contributed by atoms with Gasteiger partial charge in [-0.2, -0.15) is 0 Å². The van der Waals surface area contributed by atoms with Crippen molar-refractivity contribution in [2.24, 2.45) is 22.9 Å². The van der Waals surface area contributed by atoms with Crippen molar-refractivity contribution >= 4 is 29.5 Å². The Morgan fingerprint density at radius 3 is 2.00 bits per heavy atom.